The Hall–Kier alpha value is -2.80. The monoisotopic (exact) mass is 320 g/mol. The summed E-state index contributed by atoms with van der Waals surface area (Å²) < 4.78 is 7.58. The van der Waals surface area contributed by atoms with Gasteiger partial charge in [0.2, 0.25) is 0 Å². The third-order valence-electron chi connectivity index (χ3n) is 4.61. The maximum Gasteiger partial charge on any atom is 0.196 e. The summed E-state index contributed by atoms with van der Waals surface area (Å²) in [4.78, 5) is 12.8. The van der Waals surface area contributed by atoms with E-state index in [1.54, 1.807) is 6.07 Å². The van der Waals surface area contributed by atoms with Crippen LogP contribution in [0.2, 0.25) is 0 Å². The first-order valence-corrected chi connectivity index (χ1v) is 8.00. The van der Waals surface area contributed by atoms with Crippen LogP contribution < -0.4 is 4.74 Å². The maximum absolute atomic E-state index is 12.8. The summed E-state index contributed by atoms with van der Waals surface area (Å²) in [6.07, 6.45) is 1.84. The normalized spacial score (nSPS) is 15.3. The number of fused-ring (bicyclic) bond motifs is 1. The largest absolute Gasteiger partial charge is 0.488 e. The van der Waals surface area contributed by atoms with E-state index in [0.29, 0.717) is 28.5 Å². The molecule has 0 spiro atoms. The van der Waals surface area contributed by atoms with E-state index < -0.39 is 0 Å². The van der Waals surface area contributed by atoms with E-state index in [4.69, 9.17) is 10.00 Å². The van der Waals surface area contributed by atoms with Crippen molar-refractivity contribution in [1.82, 2.24) is 4.57 Å². The van der Waals surface area contributed by atoms with Crippen molar-refractivity contribution in [1.29, 1.82) is 5.26 Å². The Kier molecular flexibility index (Phi) is 4.02. The van der Waals surface area contributed by atoms with E-state index in [0.717, 1.165) is 16.8 Å². The average molecular weight is 320 g/mol. The van der Waals surface area contributed by atoms with E-state index in [1.807, 2.05) is 42.8 Å². The van der Waals surface area contributed by atoms with Crippen LogP contribution in [0.3, 0.4) is 0 Å². The fourth-order valence-corrected chi connectivity index (χ4v) is 2.88. The number of hydrogen-bond donors (Lipinski definition) is 0. The molecule has 0 aliphatic carbocycles. The van der Waals surface area contributed by atoms with Gasteiger partial charge in [0.15, 0.2) is 5.78 Å². The molecule has 0 atom stereocenters. The van der Waals surface area contributed by atoms with Gasteiger partial charge in [0.25, 0.3) is 0 Å². The zero-order chi connectivity index (χ0) is 17.4. The van der Waals surface area contributed by atoms with Gasteiger partial charge in [-0.3, -0.25) is 4.79 Å². The van der Waals surface area contributed by atoms with Crippen molar-refractivity contribution in [3.8, 4) is 11.8 Å². The number of nitrogens with zero attached hydrogens (tertiary/aromatic N) is 2. The number of Topliss-reactive ketones (excluding diaryl/α,β-unsaturated/α-hetero) is 1. The highest BCUT2D eigenvalue weighted by Gasteiger charge is 2.24. The van der Waals surface area contributed by atoms with Crippen molar-refractivity contribution in [2.24, 2.45) is 7.05 Å². The molecule has 24 heavy (non-hydrogen) atoms. The molecule has 0 saturated carbocycles. The lowest BCUT2D eigenvalue weighted by molar-refractivity contribution is 0.100. The molecule has 1 aliphatic rings. The number of ketones is 1. The van der Waals surface area contributed by atoms with Crippen LogP contribution >= 0.6 is 0 Å². The molecule has 0 bridgehead atoms. The molecule has 122 valence electrons. The summed E-state index contributed by atoms with van der Waals surface area (Å²) in [7, 11) is 1.85. The van der Waals surface area contributed by atoms with Gasteiger partial charge in [0, 0.05) is 18.3 Å². The predicted molar refractivity (Wildman–Crippen MR) is 93.2 cm³/mol. The first kappa shape index (κ1) is 16.1. The van der Waals surface area contributed by atoms with Crippen LogP contribution in [0.5, 0.6) is 5.75 Å². The van der Waals surface area contributed by atoms with Crippen molar-refractivity contribution in [2.75, 3.05) is 6.61 Å². The molecule has 4 nitrogen and oxygen atoms in total. The molecule has 4 heteroatoms. The van der Waals surface area contributed by atoms with Crippen LogP contribution in [0.1, 0.15) is 52.6 Å². The number of carbonyl (C=O) groups is 1. The Morgan fingerprint density at radius 2 is 2.08 bits per heavy atom. The van der Waals surface area contributed by atoms with E-state index in [9.17, 15) is 4.79 Å². The first-order valence-electron chi connectivity index (χ1n) is 8.00. The fraction of sp³-hybridized carbons (Fsp3) is 0.300. The minimum absolute atomic E-state index is 0.000473. The van der Waals surface area contributed by atoms with Gasteiger partial charge in [-0.1, -0.05) is 19.9 Å². The lowest BCUT2D eigenvalue weighted by atomic mass is 9.93. The molecule has 0 saturated heterocycles. The highest BCUT2D eigenvalue weighted by molar-refractivity contribution is 6.14. The molecule has 2 heterocycles. The SMILES string of the molecule is Cc1c(/C=C2/COc3ccc(C(C)C)cc3C2=O)cc(C#N)n1C. The summed E-state index contributed by atoms with van der Waals surface area (Å²) in [6, 6.07) is 9.77. The van der Waals surface area contributed by atoms with Gasteiger partial charge in [0.05, 0.1) is 5.56 Å². The zero-order valence-electron chi connectivity index (χ0n) is 14.4. The summed E-state index contributed by atoms with van der Waals surface area (Å²) >= 11 is 0. The third kappa shape index (κ3) is 2.63. The van der Waals surface area contributed by atoms with E-state index in [1.165, 1.54) is 0 Å². The van der Waals surface area contributed by atoms with Gasteiger partial charge < -0.3 is 9.30 Å². The molecule has 0 fully saturated rings. The van der Waals surface area contributed by atoms with Gasteiger partial charge in [0.1, 0.15) is 24.1 Å². The summed E-state index contributed by atoms with van der Waals surface area (Å²) in [6.45, 7) is 6.39. The zero-order valence-corrected chi connectivity index (χ0v) is 14.4. The third-order valence-corrected chi connectivity index (χ3v) is 4.61. The molecular formula is C20H20N2O2. The average Bonchev–Trinajstić information content (AvgIpc) is 2.85. The number of carbonyl (C=O) groups excluding carboxylic acids is 1. The van der Waals surface area contributed by atoms with Crippen molar-refractivity contribution >= 4 is 11.9 Å². The van der Waals surface area contributed by atoms with Crippen LogP contribution in [-0.2, 0) is 7.05 Å². The van der Waals surface area contributed by atoms with E-state index in [2.05, 4.69) is 19.9 Å². The van der Waals surface area contributed by atoms with Crippen LogP contribution in [0, 0.1) is 18.3 Å². The lowest BCUT2D eigenvalue weighted by Gasteiger charge is -2.20. The smallest absolute Gasteiger partial charge is 0.196 e. The minimum atomic E-state index is 0.000473. The summed E-state index contributed by atoms with van der Waals surface area (Å²) in [5.41, 5.74) is 4.76. The molecule has 0 radical (unpaired) electrons. The number of aromatic nitrogens is 1. The minimum Gasteiger partial charge on any atom is -0.488 e. The predicted octanol–water partition coefficient (Wildman–Crippen LogP) is 3.99. The van der Waals surface area contributed by atoms with Gasteiger partial charge in [-0.05, 0) is 48.2 Å². The Labute approximate surface area is 142 Å². The Balaban J connectivity index is 2.02. The quantitative estimate of drug-likeness (QED) is 0.786. The van der Waals surface area contributed by atoms with E-state index in [-0.39, 0.29) is 12.4 Å². The van der Waals surface area contributed by atoms with Crippen LogP contribution in [0.25, 0.3) is 6.08 Å². The molecule has 3 rings (SSSR count). The topological polar surface area (TPSA) is 55.0 Å². The van der Waals surface area contributed by atoms with Gasteiger partial charge in [-0.2, -0.15) is 5.26 Å². The number of benzene rings is 1. The van der Waals surface area contributed by atoms with Gasteiger partial charge in [-0.25, -0.2) is 0 Å². The first-order chi connectivity index (χ1) is 11.4. The fourth-order valence-electron chi connectivity index (χ4n) is 2.88. The second-order valence-corrected chi connectivity index (χ2v) is 6.44. The van der Waals surface area contributed by atoms with E-state index >= 15 is 0 Å². The van der Waals surface area contributed by atoms with Crippen molar-refractivity contribution < 1.29 is 9.53 Å². The molecule has 0 unspecified atom stereocenters. The summed E-state index contributed by atoms with van der Waals surface area (Å²) in [5.74, 6) is 0.997. The van der Waals surface area contributed by atoms with Crippen LogP contribution in [0.4, 0.5) is 0 Å². The van der Waals surface area contributed by atoms with Gasteiger partial charge >= 0.3 is 0 Å². The van der Waals surface area contributed by atoms with Gasteiger partial charge in [-0.15, -0.1) is 0 Å². The number of rotatable bonds is 2. The highest BCUT2D eigenvalue weighted by Crippen LogP contribution is 2.31. The molecule has 1 aromatic heterocycles. The summed E-state index contributed by atoms with van der Waals surface area (Å²) in [5, 5.41) is 9.14. The maximum atomic E-state index is 12.8. The molecule has 1 aromatic carbocycles. The molecule has 0 amide bonds. The molecule has 2 aromatic rings. The standard InChI is InChI=1S/C20H20N2O2/c1-12(2)14-5-6-19-18(9-14)20(23)16(11-24-19)7-15-8-17(10-21)22(4)13(15)3/h5-9,12H,11H2,1-4H3/b16-7-. The van der Waals surface area contributed by atoms with Crippen molar-refractivity contribution in [3.63, 3.8) is 0 Å². The van der Waals surface area contributed by atoms with Crippen LogP contribution in [0.15, 0.2) is 29.8 Å². The lowest BCUT2D eigenvalue weighted by Crippen LogP contribution is -2.19. The van der Waals surface area contributed by atoms with Crippen LogP contribution in [-0.4, -0.2) is 17.0 Å². The number of hydrogen-bond acceptors (Lipinski definition) is 3. The number of nitriles is 1. The number of ether oxygens (including phenoxy) is 1. The molecule has 0 N–H and O–H groups in total. The Morgan fingerprint density at radius 3 is 2.71 bits per heavy atom. The second-order valence-electron chi connectivity index (χ2n) is 6.44. The van der Waals surface area contributed by atoms with Crippen molar-refractivity contribution in [2.45, 2.75) is 26.7 Å². The second kappa shape index (κ2) is 6.01. The highest BCUT2D eigenvalue weighted by atomic mass is 16.5. The molecule has 1 aliphatic heterocycles. The Bertz CT molecular complexity index is 895. The Morgan fingerprint density at radius 1 is 1.33 bits per heavy atom. The molecular weight excluding hydrogens is 300 g/mol. The van der Waals surface area contributed by atoms with Crippen molar-refractivity contribution in [3.05, 3.63) is 57.9 Å².